The number of carbonyl (C=O) groups excluding carboxylic acids is 1. The molecule has 0 saturated carbocycles. The van der Waals surface area contributed by atoms with E-state index in [-0.39, 0.29) is 36.6 Å². The number of imidazole rings is 1. The molecule has 1 aromatic heterocycles. The van der Waals surface area contributed by atoms with Crippen LogP contribution in [0, 0.1) is 11.6 Å². The summed E-state index contributed by atoms with van der Waals surface area (Å²) in [5, 5.41) is 0. The molecule has 0 atom stereocenters. The Morgan fingerprint density at radius 3 is 2.89 bits per heavy atom. The second-order valence-electron chi connectivity index (χ2n) is 3.91. The number of esters is 1. The molecule has 7 heteroatoms. The van der Waals surface area contributed by atoms with Crippen LogP contribution in [0.25, 0.3) is 11.0 Å². The van der Waals surface area contributed by atoms with Gasteiger partial charge in [-0.15, -0.1) is 0 Å². The number of hydrogen-bond donors (Lipinski definition) is 1. The molecular weight excluding hydrogens is 256 g/mol. The molecule has 2 aromatic rings. The molecular formula is C12H13F2N3O2. The van der Waals surface area contributed by atoms with Gasteiger partial charge in [-0.1, -0.05) is 0 Å². The summed E-state index contributed by atoms with van der Waals surface area (Å²) in [6.45, 7) is 2.04. The topological polar surface area (TPSA) is 70.1 Å². The van der Waals surface area contributed by atoms with Crippen molar-refractivity contribution >= 4 is 23.0 Å². The molecule has 5 nitrogen and oxygen atoms in total. The zero-order chi connectivity index (χ0) is 14.0. The Bertz CT molecular complexity index is 625. The summed E-state index contributed by atoms with van der Waals surface area (Å²) < 4.78 is 33.0. The largest absolute Gasteiger partial charge is 0.466 e. The number of rotatable bonds is 4. The Hall–Kier alpha value is -2.18. The molecule has 2 rings (SSSR count). The smallest absolute Gasteiger partial charge is 0.307 e. The zero-order valence-corrected chi connectivity index (χ0v) is 10.3. The Labute approximate surface area is 108 Å². The van der Waals surface area contributed by atoms with Gasteiger partial charge in [0.15, 0.2) is 11.6 Å². The Morgan fingerprint density at radius 1 is 1.47 bits per heavy atom. The standard InChI is InChI=1S/C12H13F2N3O2/c1-2-19-9(18)5-6-17-11-8(16-12(17)15)4-3-7(13)10(11)14/h3-4H,2,5-6H2,1H3,(H2,15,16). The fourth-order valence-corrected chi connectivity index (χ4v) is 1.84. The van der Waals surface area contributed by atoms with Crippen molar-refractivity contribution in [1.29, 1.82) is 0 Å². The van der Waals surface area contributed by atoms with Crippen molar-refractivity contribution < 1.29 is 18.3 Å². The van der Waals surface area contributed by atoms with E-state index in [1.165, 1.54) is 10.6 Å². The van der Waals surface area contributed by atoms with E-state index in [9.17, 15) is 13.6 Å². The summed E-state index contributed by atoms with van der Waals surface area (Å²) in [7, 11) is 0. The summed E-state index contributed by atoms with van der Waals surface area (Å²) >= 11 is 0. The molecule has 102 valence electrons. The van der Waals surface area contributed by atoms with Gasteiger partial charge in [-0.05, 0) is 19.1 Å². The van der Waals surface area contributed by atoms with E-state index < -0.39 is 17.6 Å². The lowest BCUT2D eigenvalue weighted by Gasteiger charge is -2.06. The third-order valence-corrected chi connectivity index (χ3v) is 2.67. The highest BCUT2D eigenvalue weighted by Crippen LogP contribution is 2.23. The van der Waals surface area contributed by atoms with E-state index in [0.29, 0.717) is 0 Å². The van der Waals surface area contributed by atoms with E-state index in [4.69, 9.17) is 10.5 Å². The van der Waals surface area contributed by atoms with Crippen LogP contribution in [0.4, 0.5) is 14.7 Å². The number of nitrogen functional groups attached to an aromatic ring is 1. The van der Waals surface area contributed by atoms with Gasteiger partial charge in [0, 0.05) is 6.54 Å². The number of aryl methyl sites for hydroxylation is 1. The van der Waals surface area contributed by atoms with Gasteiger partial charge < -0.3 is 15.0 Å². The third-order valence-electron chi connectivity index (χ3n) is 2.67. The lowest BCUT2D eigenvalue weighted by Crippen LogP contribution is -2.11. The average molecular weight is 269 g/mol. The number of carbonyl (C=O) groups is 1. The number of ether oxygens (including phenoxy) is 1. The van der Waals surface area contributed by atoms with Crippen LogP contribution in [0.1, 0.15) is 13.3 Å². The van der Waals surface area contributed by atoms with Crippen molar-refractivity contribution in [3.05, 3.63) is 23.8 Å². The van der Waals surface area contributed by atoms with E-state index in [1.54, 1.807) is 6.92 Å². The van der Waals surface area contributed by atoms with E-state index in [0.717, 1.165) is 6.07 Å². The highest BCUT2D eigenvalue weighted by molar-refractivity contribution is 5.79. The van der Waals surface area contributed by atoms with E-state index >= 15 is 0 Å². The molecule has 0 radical (unpaired) electrons. The van der Waals surface area contributed by atoms with E-state index in [1.807, 2.05) is 0 Å². The van der Waals surface area contributed by atoms with Crippen LogP contribution in [0.3, 0.4) is 0 Å². The Morgan fingerprint density at radius 2 is 2.21 bits per heavy atom. The first-order valence-corrected chi connectivity index (χ1v) is 5.80. The molecule has 19 heavy (non-hydrogen) atoms. The van der Waals surface area contributed by atoms with Crippen LogP contribution >= 0.6 is 0 Å². The number of benzene rings is 1. The molecule has 0 bridgehead atoms. The fraction of sp³-hybridized carbons (Fsp3) is 0.333. The maximum Gasteiger partial charge on any atom is 0.307 e. The molecule has 0 fully saturated rings. The molecule has 1 aromatic carbocycles. The molecule has 0 spiro atoms. The van der Waals surface area contributed by atoms with Crippen LogP contribution in [-0.2, 0) is 16.1 Å². The predicted octanol–water partition coefficient (Wildman–Crippen LogP) is 1.85. The van der Waals surface area contributed by atoms with Crippen molar-refractivity contribution in [2.45, 2.75) is 19.9 Å². The molecule has 0 aliphatic carbocycles. The van der Waals surface area contributed by atoms with Crippen LogP contribution in [-0.4, -0.2) is 22.1 Å². The first-order valence-electron chi connectivity index (χ1n) is 5.80. The van der Waals surface area contributed by atoms with E-state index in [2.05, 4.69) is 4.98 Å². The molecule has 0 saturated heterocycles. The van der Waals surface area contributed by atoms with Crippen molar-refractivity contribution in [3.63, 3.8) is 0 Å². The minimum atomic E-state index is -1.02. The van der Waals surface area contributed by atoms with Crippen LogP contribution < -0.4 is 5.73 Å². The predicted molar refractivity (Wildman–Crippen MR) is 65.3 cm³/mol. The molecule has 1 heterocycles. The first kappa shape index (κ1) is 13.3. The minimum Gasteiger partial charge on any atom is -0.466 e. The summed E-state index contributed by atoms with van der Waals surface area (Å²) in [6, 6.07) is 2.32. The van der Waals surface area contributed by atoms with Gasteiger partial charge in [0.05, 0.1) is 18.5 Å². The zero-order valence-electron chi connectivity index (χ0n) is 10.3. The van der Waals surface area contributed by atoms with Crippen molar-refractivity contribution in [1.82, 2.24) is 9.55 Å². The summed E-state index contributed by atoms with van der Waals surface area (Å²) in [4.78, 5) is 15.2. The van der Waals surface area contributed by atoms with Gasteiger partial charge in [-0.2, -0.15) is 0 Å². The summed E-state index contributed by atoms with van der Waals surface area (Å²) in [5.41, 5.74) is 5.85. The number of hydrogen-bond acceptors (Lipinski definition) is 4. The maximum atomic E-state index is 13.7. The maximum absolute atomic E-state index is 13.7. The minimum absolute atomic E-state index is 0.0133. The second kappa shape index (κ2) is 5.21. The second-order valence-corrected chi connectivity index (χ2v) is 3.91. The summed E-state index contributed by atoms with van der Waals surface area (Å²) in [5.74, 6) is -2.40. The number of nitrogens with two attached hydrogens (primary N) is 1. The van der Waals surface area contributed by atoms with Gasteiger partial charge in [0.1, 0.15) is 5.52 Å². The molecule has 0 amide bonds. The Balaban J connectivity index is 2.34. The molecule has 0 aliphatic rings. The highest BCUT2D eigenvalue weighted by Gasteiger charge is 2.16. The lowest BCUT2D eigenvalue weighted by atomic mass is 10.3. The number of anilines is 1. The number of fused-ring (bicyclic) bond motifs is 1. The molecule has 0 unspecified atom stereocenters. The monoisotopic (exact) mass is 269 g/mol. The number of halogens is 2. The van der Waals surface area contributed by atoms with Gasteiger partial charge in [0.2, 0.25) is 5.95 Å². The fourth-order valence-electron chi connectivity index (χ4n) is 1.84. The van der Waals surface area contributed by atoms with Crippen LogP contribution in [0.5, 0.6) is 0 Å². The van der Waals surface area contributed by atoms with Crippen molar-refractivity contribution in [3.8, 4) is 0 Å². The SMILES string of the molecule is CCOC(=O)CCn1c(N)nc2ccc(F)c(F)c21. The Kier molecular flexibility index (Phi) is 3.64. The van der Waals surface area contributed by atoms with Crippen molar-refractivity contribution in [2.75, 3.05) is 12.3 Å². The number of nitrogens with zero attached hydrogens (tertiary/aromatic N) is 2. The highest BCUT2D eigenvalue weighted by atomic mass is 19.2. The average Bonchev–Trinajstić information content (AvgIpc) is 2.69. The molecule has 2 N–H and O–H groups in total. The van der Waals surface area contributed by atoms with Gasteiger partial charge in [0.25, 0.3) is 0 Å². The first-order chi connectivity index (χ1) is 9.04. The van der Waals surface area contributed by atoms with Gasteiger partial charge >= 0.3 is 5.97 Å². The third kappa shape index (κ3) is 2.49. The van der Waals surface area contributed by atoms with Gasteiger partial charge in [-0.25, -0.2) is 13.8 Å². The summed E-state index contributed by atoms with van der Waals surface area (Å²) in [6.07, 6.45) is 0.0133. The van der Waals surface area contributed by atoms with Crippen LogP contribution in [0.15, 0.2) is 12.1 Å². The molecule has 0 aliphatic heterocycles. The van der Waals surface area contributed by atoms with Gasteiger partial charge in [-0.3, -0.25) is 4.79 Å². The van der Waals surface area contributed by atoms with Crippen molar-refractivity contribution in [2.24, 2.45) is 0 Å². The lowest BCUT2D eigenvalue weighted by molar-refractivity contribution is -0.143. The van der Waals surface area contributed by atoms with Crippen LogP contribution in [0.2, 0.25) is 0 Å². The normalized spacial score (nSPS) is 10.9. The quantitative estimate of drug-likeness (QED) is 0.860. The number of aromatic nitrogens is 2.